The van der Waals surface area contributed by atoms with Crippen LogP contribution in [0.2, 0.25) is 0 Å². The molecule has 25 heavy (non-hydrogen) atoms. The van der Waals surface area contributed by atoms with Gasteiger partial charge in [-0.25, -0.2) is 4.98 Å². The number of hydrogen-bond donors (Lipinski definition) is 1. The minimum absolute atomic E-state index is 0.168. The molecule has 0 spiro atoms. The smallest absolute Gasteiger partial charge is 0.184 e. The molecule has 0 radical (unpaired) electrons. The van der Waals surface area contributed by atoms with Crippen LogP contribution in [0, 0.1) is 19.3 Å². The van der Waals surface area contributed by atoms with Crippen molar-refractivity contribution in [2.75, 3.05) is 23.3 Å². The fraction of sp³-hybridized carbons (Fsp3) is 0.381. The highest BCUT2D eigenvalue weighted by molar-refractivity contribution is 7.16. The van der Waals surface area contributed by atoms with Gasteiger partial charge in [0.2, 0.25) is 0 Å². The standard InChI is InChI=1S/C21H27N3S/c1-7-11-19-20(8-2)25-21(23-19)22-16(6)18-13-12-17(14-15(18)5)24(9-3)10-4/h2,7,11-14,16H,9-10H2,1,3-6H3,(H,22,23)/b11-7-. The van der Waals surface area contributed by atoms with Crippen molar-refractivity contribution >= 4 is 28.2 Å². The normalized spacial score (nSPS) is 12.2. The Kier molecular flexibility index (Phi) is 6.66. The zero-order valence-corrected chi connectivity index (χ0v) is 16.6. The van der Waals surface area contributed by atoms with E-state index in [0.29, 0.717) is 0 Å². The molecule has 1 atom stereocenters. The Balaban J connectivity index is 2.21. The van der Waals surface area contributed by atoms with Gasteiger partial charge < -0.3 is 10.2 Å². The molecule has 0 amide bonds. The van der Waals surface area contributed by atoms with Gasteiger partial charge >= 0.3 is 0 Å². The summed E-state index contributed by atoms with van der Waals surface area (Å²) in [6, 6.07) is 6.85. The third kappa shape index (κ3) is 4.43. The number of terminal acetylenes is 1. The second-order valence-electron chi connectivity index (χ2n) is 5.96. The Hall–Kier alpha value is -2.25. The minimum Gasteiger partial charge on any atom is -0.372 e. The van der Waals surface area contributed by atoms with E-state index in [4.69, 9.17) is 6.42 Å². The molecule has 0 saturated carbocycles. The second kappa shape index (κ2) is 8.73. The van der Waals surface area contributed by atoms with Crippen LogP contribution in [0.3, 0.4) is 0 Å². The summed E-state index contributed by atoms with van der Waals surface area (Å²) in [5.41, 5.74) is 4.70. The van der Waals surface area contributed by atoms with Crippen molar-refractivity contribution in [3.63, 3.8) is 0 Å². The van der Waals surface area contributed by atoms with Gasteiger partial charge in [-0.3, -0.25) is 0 Å². The molecule has 3 nitrogen and oxygen atoms in total. The first-order valence-corrected chi connectivity index (χ1v) is 9.57. The van der Waals surface area contributed by atoms with Crippen molar-refractivity contribution in [1.82, 2.24) is 4.98 Å². The highest BCUT2D eigenvalue weighted by Crippen LogP contribution is 2.29. The number of nitrogens with one attached hydrogen (secondary N) is 1. The minimum atomic E-state index is 0.168. The molecule has 132 valence electrons. The van der Waals surface area contributed by atoms with Crippen LogP contribution in [0.4, 0.5) is 10.8 Å². The number of allylic oxidation sites excluding steroid dienone is 1. The number of hydrogen-bond acceptors (Lipinski definition) is 4. The predicted molar refractivity (Wildman–Crippen MR) is 112 cm³/mol. The number of anilines is 2. The number of thiazole rings is 1. The number of nitrogens with zero attached hydrogens (tertiary/aromatic N) is 2. The lowest BCUT2D eigenvalue weighted by Crippen LogP contribution is -2.22. The Labute approximate surface area is 155 Å². The molecule has 1 unspecified atom stereocenters. The number of aryl methyl sites for hydroxylation is 1. The molecular weight excluding hydrogens is 326 g/mol. The molecule has 1 heterocycles. The summed E-state index contributed by atoms with van der Waals surface area (Å²) in [6.45, 7) is 12.7. The maximum atomic E-state index is 5.59. The van der Waals surface area contributed by atoms with Crippen LogP contribution >= 0.6 is 11.3 Å². The van der Waals surface area contributed by atoms with Crippen LogP contribution in [0.5, 0.6) is 0 Å². The molecule has 0 fully saturated rings. The summed E-state index contributed by atoms with van der Waals surface area (Å²) in [6.07, 6.45) is 9.49. The molecule has 0 saturated heterocycles. The van der Waals surface area contributed by atoms with Crippen molar-refractivity contribution < 1.29 is 0 Å². The van der Waals surface area contributed by atoms with Gasteiger partial charge in [0, 0.05) is 18.8 Å². The molecule has 1 aromatic carbocycles. The van der Waals surface area contributed by atoms with Crippen molar-refractivity contribution in [3.8, 4) is 12.3 Å². The average Bonchev–Trinajstić information content (AvgIpc) is 2.98. The van der Waals surface area contributed by atoms with Gasteiger partial charge in [0.1, 0.15) is 4.88 Å². The van der Waals surface area contributed by atoms with E-state index >= 15 is 0 Å². The van der Waals surface area contributed by atoms with Gasteiger partial charge in [0.15, 0.2) is 5.13 Å². The summed E-state index contributed by atoms with van der Waals surface area (Å²) in [4.78, 5) is 7.83. The van der Waals surface area contributed by atoms with Gasteiger partial charge in [0.25, 0.3) is 0 Å². The first kappa shape index (κ1) is 19.1. The first-order chi connectivity index (χ1) is 12.0. The number of aromatic nitrogens is 1. The third-order valence-corrected chi connectivity index (χ3v) is 5.23. The van der Waals surface area contributed by atoms with Gasteiger partial charge in [-0.1, -0.05) is 29.4 Å². The van der Waals surface area contributed by atoms with Crippen LogP contribution in [-0.4, -0.2) is 18.1 Å². The van der Waals surface area contributed by atoms with Gasteiger partial charge in [-0.05, 0) is 64.0 Å². The summed E-state index contributed by atoms with van der Waals surface area (Å²) in [7, 11) is 0. The molecule has 0 aliphatic heterocycles. The fourth-order valence-corrected chi connectivity index (χ4v) is 3.81. The Morgan fingerprint density at radius 2 is 2.08 bits per heavy atom. The quantitative estimate of drug-likeness (QED) is 0.668. The molecule has 4 heteroatoms. The predicted octanol–water partition coefficient (Wildman–Crippen LogP) is 5.49. The van der Waals surface area contributed by atoms with E-state index < -0.39 is 0 Å². The van der Waals surface area contributed by atoms with Crippen LogP contribution in [-0.2, 0) is 0 Å². The average molecular weight is 354 g/mol. The second-order valence-corrected chi connectivity index (χ2v) is 6.96. The van der Waals surface area contributed by atoms with E-state index in [1.165, 1.54) is 28.2 Å². The molecule has 1 N–H and O–H groups in total. The van der Waals surface area contributed by atoms with E-state index in [2.05, 4.69) is 67.0 Å². The topological polar surface area (TPSA) is 28.2 Å². The summed E-state index contributed by atoms with van der Waals surface area (Å²) in [5, 5.41) is 4.36. The molecule has 0 aliphatic carbocycles. The Bertz CT molecular complexity index is 779. The number of rotatable bonds is 7. The zero-order chi connectivity index (χ0) is 18.4. The zero-order valence-electron chi connectivity index (χ0n) is 15.8. The fourth-order valence-electron chi connectivity index (χ4n) is 2.96. The van der Waals surface area contributed by atoms with E-state index in [1.54, 1.807) is 0 Å². The van der Waals surface area contributed by atoms with E-state index in [1.807, 2.05) is 19.1 Å². The van der Waals surface area contributed by atoms with Crippen LogP contribution in [0.25, 0.3) is 6.08 Å². The van der Waals surface area contributed by atoms with Crippen molar-refractivity contribution in [2.24, 2.45) is 0 Å². The lowest BCUT2D eigenvalue weighted by Gasteiger charge is -2.23. The van der Waals surface area contributed by atoms with Gasteiger partial charge in [0.05, 0.1) is 11.7 Å². The molecule has 2 rings (SSSR count). The van der Waals surface area contributed by atoms with Crippen molar-refractivity contribution in [2.45, 2.75) is 40.7 Å². The Morgan fingerprint density at radius 1 is 1.36 bits per heavy atom. The van der Waals surface area contributed by atoms with Gasteiger partial charge in [-0.15, -0.1) is 6.42 Å². The molecule has 1 aromatic heterocycles. The van der Waals surface area contributed by atoms with Crippen LogP contribution < -0.4 is 10.2 Å². The molecule has 0 bridgehead atoms. The lowest BCUT2D eigenvalue weighted by molar-refractivity contribution is 0.851. The molecule has 0 aliphatic rings. The highest BCUT2D eigenvalue weighted by atomic mass is 32.1. The van der Waals surface area contributed by atoms with Crippen molar-refractivity contribution in [3.05, 3.63) is 46.0 Å². The summed E-state index contributed by atoms with van der Waals surface area (Å²) in [5.74, 6) is 2.72. The maximum Gasteiger partial charge on any atom is 0.184 e. The van der Waals surface area contributed by atoms with E-state index in [-0.39, 0.29) is 6.04 Å². The maximum absolute atomic E-state index is 5.59. The van der Waals surface area contributed by atoms with E-state index in [0.717, 1.165) is 28.8 Å². The summed E-state index contributed by atoms with van der Waals surface area (Å²) >= 11 is 1.53. The summed E-state index contributed by atoms with van der Waals surface area (Å²) < 4.78 is 0. The van der Waals surface area contributed by atoms with Gasteiger partial charge in [-0.2, -0.15) is 0 Å². The highest BCUT2D eigenvalue weighted by Gasteiger charge is 2.14. The lowest BCUT2D eigenvalue weighted by atomic mass is 10.0. The number of benzene rings is 1. The Morgan fingerprint density at radius 3 is 2.64 bits per heavy atom. The molecular formula is C21H27N3S. The van der Waals surface area contributed by atoms with Crippen LogP contribution in [0.1, 0.15) is 55.4 Å². The van der Waals surface area contributed by atoms with Crippen molar-refractivity contribution in [1.29, 1.82) is 0 Å². The monoisotopic (exact) mass is 353 g/mol. The largest absolute Gasteiger partial charge is 0.372 e. The first-order valence-electron chi connectivity index (χ1n) is 8.76. The SMILES string of the molecule is C#Cc1sc(NC(C)c2ccc(N(CC)CC)cc2C)nc1/C=C\C. The van der Waals surface area contributed by atoms with E-state index in [9.17, 15) is 0 Å². The molecule has 2 aromatic rings. The van der Waals surface area contributed by atoms with Crippen LogP contribution in [0.15, 0.2) is 24.3 Å². The third-order valence-electron chi connectivity index (χ3n) is 4.30.